The van der Waals surface area contributed by atoms with Crippen LogP contribution in [0.5, 0.6) is 0 Å². The van der Waals surface area contributed by atoms with Crippen LogP contribution >= 0.6 is 15.9 Å². The lowest BCUT2D eigenvalue weighted by Gasteiger charge is -2.34. The van der Waals surface area contributed by atoms with Gasteiger partial charge >= 0.3 is 0 Å². The molecule has 0 unspecified atom stereocenters. The van der Waals surface area contributed by atoms with Gasteiger partial charge in [0.25, 0.3) is 0 Å². The van der Waals surface area contributed by atoms with E-state index in [0.29, 0.717) is 11.9 Å². The zero-order valence-electron chi connectivity index (χ0n) is 13.8. The molecule has 2 fully saturated rings. The van der Waals surface area contributed by atoms with Crippen LogP contribution in [-0.4, -0.2) is 46.9 Å². The van der Waals surface area contributed by atoms with E-state index in [1.54, 1.807) is 12.3 Å². The van der Waals surface area contributed by atoms with Crippen molar-refractivity contribution in [2.24, 2.45) is 5.92 Å². The van der Waals surface area contributed by atoms with E-state index in [2.05, 4.69) is 36.4 Å². The number of rotatable bonds is 5. The number of carbonyl (C=O) groups is 2. The lowest BCUT2D eigenvalue weighted by Crippen LogP contribution is -2.49. The van der Waals surface area contributed by atoms with Gasteiger partial charge in [-0.2, -0.15) is 0 Å². The third kappa shape index (κ3) is 4.54. The van der Waals surface area contributed by atoms with Crippen molar-refractivity contribution in [1.29, 1.82) is 0 Å². The lowest BCUT2D eigenvalue weighted by molar-refractivity contribution is -0.127. The Bertz CT molecular complexity index is 595. The highest BCUT2D eigenvalue weighted by atomic mass is 79.9. The molecule has 2 heterocycles. The number of amides is 2. The molecule has 24 heavy (non-hydrogen) atoms. The molecule has 3 rings (SSSR count). The van der Waals surface area contributed by atoms with Gasteiger partial charge in [0.1, 0.15) is 5.82 Å². The third-order valence-corrected chi connectivity index (χ3v) is 5.20. The molecular formula is C17H23BrN4O2. The van der Waals surface area contributed by atoms with Crippen LogP contribution in [0.2, 0.25) is 0 Å². The normalized spacial score (nSPS) is 20.4. The molecule has 1 aliphatic heterocycles. The van der Waals surface area contributed by atoms with Gasteiger partial charge in [-0.1, -0.05) is 0 Å². The van der Waals surface area contributed by atoms with Gasteiger partial charge < -0.3 is 10.6 Å². The summed E-state index contributed by atoms with van der Waals surface area (Å²) in [6.07, 6.45) is 5.40. The standard InChI is InChI=1S/C17H23BrN4O2/c1-11(16(23)20-14-3-4-14)22-8-6-12(7-9-22)17(24)21-15-5-2-13(18)10-19-15/h2,5,10-12,14H,3-4,6-9H2,1H3,(H,20,23)(H,19,21,24)/t11-/m1/s1. The highest BCUT2D eigenvalue weighted by molar-refractivity contribution is 9.10. The Morgan fingerprint density at radius 2 is 1.96 bits per heavy atom. The van der Waals surface area contributed by atoms with Crippen LogP contribution in [0.4, 0.5) is 5.82 Å². The molecule has 2 amide bonds. The first-order chi connectivity index (χ1) is 11.5. The first-order valence-electron chi connectivity index (χ1n) is 8.50. The number of carbonyl (C=O) groups excluding carboxylic acids is 2. The smallest absolute Gasteiger partial charge is 0.237 e. The lowest BCUT2D eigenvalue weighted by atomic mass is 9.95. The average Bonchev–Trinajstić information content (AvgIpc) is 3.40. The number of aromatic nitrogens is 1. The molecule has 0 spiro atoms. The second kappa shape index (κ2) is 7.61. The van der Waals surface area contributed by atoms with Crippen molar-refractivity contribution in [2.75, 3.05) is 18.4 Å². The summed E-state index contributed by atoms with van der Waals surface area (Å²) in [5.41, 5.74) is 0. The summed E-state index contributed by atoms with van der Waals surface area (Å²) in [7, 11) is 0. The molecule has 1 aromatic rings. The third-order valence-electron chi connectivity index (χ3n) is 4.73. The van der Waals surface area contributed by atoms with Crippen LogP contribution in [0.25, 0.3) is 0 Å². The fourth-order valence-corrected chi connectivity index (χ4v) is 3.18. The zero-order valence-corrected chi connectivity index (χ0v) is 15.4. The second-order valence-corrected chi connectivity index (χ2v) is 7.54. The van der Waals surface area contributed by atoms with Gasteiger partial charge in [0.2, 0.25) is 11.8 Å². The number of hydrogen-bond acceptors (Lipinski definition) is 4. The average molecular weight is 395 g/mol. The summed E-state index contributed by atoms with van der Waals surface area (Å²) >= 11 is 3.33. The first kappa shape index (κ1) is 17.4. The molecule has 1 saturated carbocycles. The van der Waals surface area contributed by atoms with Crippen molar-refractivity contribution in [3.63, 3.8) is 0 Å². The molecule has 2 N–H and O–H groups in total. The van der Waals surface area contributed by atoms with E-state index in [-0.39, 0.29) is 23.8 Å². The molecule has 7 heteroatoms. The Balaban J connectivity index is 1.46. The Morgan fingerprint density at radius 3 is 2.54 bits per heavy atom. The largest absolute Gasteiger partial charge is 0.352 e. The molecule has 0 aromatic carbocycles. The molecule has 0 radical (unpaired) electrons. The number of piperidine rings is 1. The maximum atomic E-state index is 12.4. The van der Waals surface area contributed by atoms with Crippen molar-refractivity contribution in [3.05, 3.63) is 22.8 Å². The van der Waals surface area contributed by atoms with E-state index >= 15 is 0 Å². The van der Waals surface area contributed by atoms with E-state index in [1.165, 1.54) is 0 Å². The van der Waals surface area contributed by atoms with Crippen LogP contribution in [0.1, 0.15) is 32.6 Å². The molecule has 0 bridgehead atoms. The highest BCUT2D eigenvalue weighted by Crippen LogP contribution is 2.22. The molecule has 1 saturated heterocycles. The van der Waals surface area contributed by atoms with Gasteiger partial charge in [0.05, 0.1) is 6.04 Å². The van der Waals surface area contributed by atoms with Crippen molar-refractivity contribution in [3.8, 4) is 0 Å². The summed E-state index contributed by atoms with van der Waals surface area (Å²) in [5.74, 6) is 0.673. The SMILES string of the molecule is C[C@H](C(=O)NC1CC1)N1CCC(C(=O)Nc2ccc(Br)cn2)CC1. The minimum atomic E-state index is -0.122. The van der Waals surface area contributed by atoms with E-state index in [9.17, 15) is 9.59 Å². The van der Waals surface area contributed by atoms with Crippen LogP contribution in [0.3, 0.4) is 0 Å². The number of nitrogens with zero attached hydrogens (tertiary/aromatic N) is 2. The number of likely N-dealkylation sites (tertiary alicyclic amines) is 1. The Labute approximate surface area is 150 Å². The number of hydrogen-bond donors (Lipinski definition) is 2. The van der Waals surface area contributed by atoms with E-state index in [1.807, 2.05) is 13.0 Å². The number of pyridine rings is 1. The Hall–Kier alpha value is -1.47. The van der Waals surface area contributed by atoms with E-state index in [4.69, 9.17) is 0 Å². The van der Waals surface area contributed by atoms with Crippen molar-refractivity contribution >= 4 is 33.6 Å². The number of halogens is 1. The van der Waals surface area contributed by atoms with Crippen LogP contribution in [0, 0.1) is 5.92 Å². The van der Waals surface area contributed by atoms with Gasteiger partial charge in [0.15, 0.2) is 0 Å². The summed E-state index contributed by atoms with van der Waals surface area (Å²) in [4.78, 5) is 30.8. The van der Waals surface area contributed by atoms with Gasteiger partial charge in [-0.05, 0) is 73.8 Å². The zero-order chi connectivity index (χ0) is 17.1. The predicted octanol–water partition coefficient (Wildman–Crippen LogP) is 2.16. The molecule has 130 valence electrons. The minimum Gasteiger partial charge on any atom is -0.352 e. The first-order valence-corrected chi connectivity index (χ1v) is 9.29. The fraction of sp³-hybridized carbons (Fsp3) is 0.588. The molecule has 6 nitrogen and oxygen atoms in total. The molecule has 2 aliphatic rings. The summed E-state index contributed by atoms with van der Waals surface area (Å²) in [6, 6.07) is 3.90. The van der Waals surface area contributed by atoms with Crippen LogP contribution in [-0.2, 0) is 9.59 Å². The summed E-state index contributed by atoms with van der Waals surface area (Å²) < 4.78 is 0.882. The molecular weight excluding hydrogens is 372 g/mol. The number of nitrogens with one attached hydrogen (secondary N) is 2. The van der Waals surface area contributed by atoms with Crippen molar-refractivity contribution < 1.29 is 9.59 Å². The second-order valence-electron chi connectivity index (χ2n) is 6.62. The summed E-state index contributed by atoms with van der Waals surface area (Å²) in [6.45, 7) is 3.49. The Morgan fingerprint density at radius 1 is 1.25 bits per heavy atom. The summed E-state index contributed by atoms with van der Waals surface area (Å²) in [5, 5.41) is 5.92. The van der Waals surface area contributed by atoms with Gasteiger partial charge in [0, 0.05) is 22.6 Å². The van der Waals surface area contributed by atoms with Crippen molar-refractivity contribution in [1.82, 2.24) is 15.2 Å². The Kier molecular flexibility index (Phi) is 5.50. The van der Waals surface area contributed by atoms with Crippen LogP contribution in [0.15, 0.2) is 22.8 Å². The van der Waals surface area contributed by atoms with Crippen LogP contribution < -0.4 is 10.6 Å². The quantitative estimate of drug-likeness (QED) is 0.802. The fourth-order valence-electron chi connectivity index (χ4n) is 2.94. The topological polar surface area (TPSA) is 74.3 Å². The highest BCUT2D eigenvalue weighted by Gasteiger charge is 2.32. The molecule has 1 aliphatic carbocycles. The van der Waals surface area contributed by atoms with Gasteiger partial charge in [-0.15, -0.1) is 0 Å². The maximum Gasteiger partial charge on any atom is 0.237 e. The maximum absolute atomic E-state index is 12.4. The molecule has 1 atom stereocenters. The number of anilines is 1. The van der Waals surface area contributed by atoms with E-state index < -0.39 is 0 Å². The molecule has 1 aromatic heterocycles. The van der Waals surface area contributed by atoms with Gasteiger partial charge in [-0.25, -0.2) is 4.98 Å². The monoisotopic (exact) mass is 394 g/mol. The van der Waals surface area contributed by atoms with Crippen molar-refractivity contribution in [2.45, 2.75) is 44.7 Å². The minimum absolute atomic E-state index is 0.0135. The van der Waals surface area contributed by atoms with Gasteiger partial charge in [-0.3, -0.25) is 14.5 Å². The van der Waals surface area contributed by atoms with E-state index in [0.717, 1.165) is 43.2 Å². The predicted molar refractivity (Wildman–Crippen MR) is 95.5 cm³/mol.